The molecule has 0 aliphatic carbocycles. The van der Waals surface area contributed by atoms with Crippen molar-refractivity contribution >= 4 is 17.7 Å². The average Bonchev–Trinajstić information content (AvgIpc) is 3.05. The number of hydrogen-bond donors (Lipinski definition) is 1. The number of carbonyl (C=O) groups excluding carboxylic acids is 2. The standard InChI is InChI=1S/C12H13N3O5/c1-3-8-11(7(2)20-14-8)12(17)18-6-10(16)13-9-4-5-19-15-9/h4-5H,3,6H2,1-2H3,(H,13,15,16). The van der Waals surface area contributed by atoms with Crippen LogP contribution in [0.25, 0.3) is 0 Å². The van der Waals surface area contributed by atoms with Crippen LogP contribution in [0, 0.1) is 6.92 Å². The van der Waals surface area contributed by atoms with Crippen LogP contribution in [-0.2, 0) is 16.0 Å². The summed E-state index contributed by atoms with van der Waals surface area (Å²) >= 11 is 0. The van der Waals surface area contributed by atoms with E-state index in [9.17, 15) is 9.59 Å². The van der Waals surface area contributed by atoms with Crippen molar-refractivity contribution in [2.24, 2.45) is 0 Å². The van der Waals surface area contributed by atoms with E-state index in [2.05, 4.69) is 20.2 Å². The zero-order valence-electron chi connectivity index (χ0n) is 11.0. The fourth-order valence-corrected chi connectivity index (χ4v) is 1.58. The maximum atomic E-state index is 11.9. The molecule has 8 heteroatoms. The molecule has 0 aliphatic heterocycles. The largest absolute Gasteiger partial charge is 0.452 e. The van der Waals surface area contributed by atoms with Gasteiger partial charge in [-0.1, -0.05) is 17.2 Å². The van der Waals surface area contributed by atoms with E-state index < -0.39 is 18.5 Å². The van der Waals surface area contributed by atoms with Crippen molar-refractivity contribution in [2.75, 3.05) is 11.9 Å². The van der Waals surface area contributed by atoms with Gasteiger partial charge in [-0.05, 0) is 13.3 Å². The van der Waals surface area contributed by atoms with Crippen molar-refractivity contribution in [2.45, 2.75) is 20.3 Å². The third-order valence-electron chi connectivity index (χ3n) is 2.51. The van der Waals surface area contributed by atoms with Crippen molar-refractivity contribution in [1.29, 1.82) is 0 Å². The van der Waals surface area contributed by atoms with Gasteiger partial charge in [0.15, 0.2) is 12.4 Å². The SMILES string of the molecule is CCc1noc(C)c1C(=O)OCC(=O)Nc1ccon1. The first-order valence-corrected chi connectivity index (χ1v) is 5.94. The highest BCUT2D eigenvalue weighted by atomic mass is 16.5. The smallest absolute Gasteiger partial charge is 0.344 e. The second-order valence-electron chi connectivity index (χ2n) is 3.92. The molecule has 0 spiro atoms. The molecule has 2 aromatic rings. The molecule has 106 valence electrons. The number of hydrogen-bond acceptors (Lipinski definition) is 7. The molecule has 0 saturated carbocycles. The lowest BCUT2D eigenvalue weighted by molar-refractivity contribution is -0.119. The second kappa shape index (κ2) is 6.00. The highest BCUT2D eigenvalue weighted by Crippen LogP contribution is 2.15. The molecule has 0 bridgehead atoms. The zero-order valence-corrected chi connectivity index (χ0v) is 11.0. The Bertz CT molecular complexity index is 603. The van der Waals surface area contributed by atoms with Gasteiger partial charge >= 0.3 is 5.97 Å². The van der Waals surface area contributed by atoms with E-state index in [4.69, 9.17) is 9.26 Å². The quantitative estimate of drug-likeness (QED) is 0.822. The van der Waals surface area contributed by atoms with Gasteiger partial charge in [0.2, 0.25) is 0 Å². The number of rotatable bonds is 5. The molecule has 0 aromatic carbocycles. The van der Waals surface area contributed by atoms with E-state index in [1.54, 1.807) is 6.92 Å². The van der Waals surface area contributed by atoms with Crippen LogP contribution in [0.5, 0.6) is 0 Å². The first-order valence-electron chi connectivity index (χ1n) is 5.94. The summed E-state index contributed by atoms with van der Waals surface area (Å²) in [5.41, 5.74) is 0.770. The topological polar surface area (TPSA) is 107 Å². The maximum absolute atomic E-state index is 11.9. The fourth-order valence-electron chi connectivity index (χ4n) is 1.58. The molecular formula is C12H13N3O5. The molecule has 0 fully saturated rings. The molecule has 0 unspecified atom stereocenters. The summed E-state index contributed by atoms with van der Waals surface area (Å²) < 4.78 is 14.4. The molecule has 2 heterocycles. The van der Waals surface area contributed by atoms with Crippen LogP contribution in [0.4, 0.5) is 5.82 Å². The molecule has 0 aliphatic rings. The van der Waals surface area contributed by atoms with Crippen LogP contribution < -0.4 is 5.32 Å². The van der Waals surface area contributed by atoms with Crippen LogP contribution in [0.15, 0.2) is 21.4 Å². The Kier molecular flexibility index (Phi) is 4.14. The minimum atomic E-state index is -0.643. The second-order valence-corrected chi connectivity index (χ2v) is 3.92. The summed E-state index contributed by atoms with van der Waals surface area (Å²) in [5, 5.41) is 9.65. The third-order valence-corrected chi connectivity index (χ3v) is 2.51. The van der Waals surface area contributed by atoms with E-state index >= 15 is 0 Å². The normalized spacial score (nSPS) is 10.3. The molecule has 8 nitrogen and oxygen atoms in total. The van der Waals surface area contributed by atoms with Crippen molar-refractivity contribution in [1.82, 2.24) is 10.3 Å². The van der Waals surface area contributed by atoms with E-state index in [0.717, 1.165) is 0 Å². The van der Waals surface area contributed by atoms with Crippen molar-refractivity contribution in [3.05, 3.63) is 29.3 Å². The number of aromatic nitrogens is 2. The molecule has 0 radical (unpaired) electrons. The summed E-state index contributed by atoms with van der Waals surface area (Å²) in [6.45, 7) is 3.02. The molecule has 2 rings (SSSR count). The fraction of sp³-hybridized carbons (Fsp3) is 0.333. The minimum Gasteiger partial charge on any atom is -0.452 e. The molecule has 1 N–H and O–H groups in total. The third kappa shape index (κ3) is 3.02. The lowest BCUT2D eigenvalue weighted by atomic mass is 10.1. The number of esters is 1. The van der Waals surface area contributed by atoms with Gasteiger partial charge in [-0.3, -0.25) is 4.79 Å². The van der Waals surface area contributed by atoms with Gasteiger partial charge in [-0.25, -0.2) is 4.79 Å². The number of nitrogens with zero attached hydrogens (tertiary/aromatic N) is 2. The van der Waals surface area contributed by atoms with Crippen LogP contribution in [0.3, 0.4) is 0 Å². The number of ether oxygens (including phenoxy) is 1. The number of amides is 1. The Balaban J connectivity index is 1.92. The Morgan fingerprint density at radius 3 is 2.85 bits per heavy atom. The van der Waals surface area contributed by atoms with E-state index in [0.29, 0.717) is 17.9 Å². The number of nitrogens with one attached hydrogen (secondary N) is 1. The molecule has 20 heavy (non-hydrogen) atoms. The number of carbonyl (C=O) groups is 2. The zero-order chi connectivity index (χ0) is 14.5. The van der Waals surface area contributed by atoms with E-state index in [1.165, 1.54) is 12.3 Å². The predicted molar refractivity (Wildman–Crippen MR) is 66.0 cm³/mol. The Morgan fingerprint density at radius 1 is 1.40 bits per heavy atom. The van der Waals surface area contributed by atoms with Crippen molar-refractivity contribution in [3.63, 3.8) is 0 Å². The maximum Gasteiger partial charge on any atom is 0.344 e. The first kappa shape index (κ1) is 13.8. The molecule has 0 saturated heterocycles. The van der Waals surface area contributed by atoms with Crippen molar-refractivity contribution < 1.29 is 23.4 Å². The van der Waals surface area contributed by atoms with Gasteiger partial charge in [0.1, 0.15) is 17.6 Å². The Morgan fingerprint density at radius 2 is 2.20 bits per heavy atom. The summed E-state index contributed by atoms with van der Waals surface area (Å²) in [6, 6.07) is 1.47. The summed E-state index contributed by atoms with van der Waals surface area (Å²) in [7, 11) is 0. The average molecular weight is 279 g/mol. The summed E-state index contributed by atoms with van der Waals surface area (Å²) in [5.74, 6) is -0.541. The Labute approximate surface area is 114 Å². The molecule has 1 amide bonds. The Hall–Kier alpha value is -2.64. The van der Waals surface area contributed by atoms with Crippen LogP contribution >= 0.6 is 0 Å². The number of aryl methyl sites for hydroxylation is 2. The number of anilines is 1. The lowest BCUT2D eigenvalue weighted by Crippen LogP contribution is -2.21. The molecule has 0 atom stereocenters. The summed E-state index contributed by atoms with van der Waals surface area (Å²) in [4.78, 5) is 23.4. The predicted octanol–water partition coefficient (Wildman–Crippen LogP) is 1.33. The van der Waals surface area contributed by atoms with Crippen molar-refractivity contribution in [3.8, 4) is 0 Å². The van der Waals surface area contributed by atoms with Crippen LogP contribution in [0.2, 0.25) is 0 Å². The molecule has 2 aromatic heterocycles. The van der Waals surface area contributed by atoms with E-state index in [-0.39, 0.29) is 11.4 Å². The highest BCUT2D eigenvalue weighted by Gasteiger charge is 2.21. The van der Waals surface area contributed by atoms with Crippen LogP contribution in [-0.4, -0.2) is 28.8 Å². The van der Waals surface area contributed by atoms with E-state index in [1.807, 2.05) is 6.92 Å². The highest BCUT2D eigenvalue weighted by molar-refractivity contribution is 5.95. The van der Waals surface area contributed by atoms with Gasteiger partial charge < -0.3 is 19.1 Å². The van der Waals surface area contributed by atoms with Crippen LogP contribution in [0.1, 0.15) is 28.7 Å². The lowest BCUT2D eigenvalue weighted by Gasteiger charge is -2.04. The van der Waals surface area contributed by atoms with Gasteiger partial charge in [-0.2, -0.15) is 0 Å². The minimum absolute atomic E-state index is 0.251. The monoisotopic (exact) mass is 279 g/mol. The molecular weight excluding hydrogens is 266 g/mol. The van der Waals surface area contributed by atoms with Gasteiger partial charge in [0, 0.05) is 6.07 Å². The van der Waals surface area contributed by atoms with Gasteiger partial charge in [0.05, 0.1) is 5.69 Å². The van der Waals surface area contributed by atoms with Gasteiger partial charge in [0.25, 0.3) is 5.91 Å². The van der Waals surface area contributed by atoms with Gasteiger partial charge in [-0.15, -0.1) is 0 Å². The summed E-state index contributed by atoms with van der Waals surface area (Å²) in [6.07, 6.45) is 1.85. The first-order chi connectivity index (χ1) is 9.61.